The normalized spacial score (nSPS) is 24.8. The van der Waals surface area contributed by atoms with Crippen LogP contribution in [-0.4, -0.2) is 58.4 Å². The Balaban J connectivity index is 1.81. The molecule has 0 bridgehead atoms. The molecule has 0 radical (unpaired) electrons. The number of β-amino-alcohol motifs (C(OH)–C–C–N with tert-alkyl or cyclic N) is 1. The molecule has 6 nitrogen and oxygen atoms in total. The summed E-state index contributed by atoms with van der Waals surface area (Å²) in [6.45, 7) is 1.18. The maximum Gasteiger partial charge on any atom is 0.229 e. The Labute approximate surface area is 106 Å². The fourth-order valence-corrected chi connectivity index (χ4v) is 2.42. The average Bonchev–Trinajstić information content (AvgIpc) is 2.66. The Hall–Kier alpha value is -1.43. The molecule has 100 valence electrons. The minimum absolute atomic E-state index is 0.0961. The molecule has 1 atom stereocenters. The van der Waals surface area contributed by atoms with Crippen molar-refractivity contribution in [2.45, 2.75) is 38.2 Å². The van der Waals surface area contributed by atoms with Crippen LogP contribution in [-0.2, 0) is 14.4 Å². The molecule has 0 aliphatic carbocycles. The van der Waals surface area contributed by atoms with Crippen LogP contribution < -0.4 is 0 Å². The summed E-state index contributed by atoms with van der Waals surface area (Å²) >= 11 is 0. The number of aliphatic hydroxyl groups is 1. The molecule has 1 N–H and O–H groups in total. The summed E-state index contributed by atoms with van der Waals surface area (Å²) in [4.78, 5) is 37.4. The first-order valence-electron chi connectivity index (χ1n) is 6.37. The molecule has 1 unspecified atom stereocenters. The van der Waals surface area contributed by atoms with Gasteiger partial charge in [0.05, 0.1) is 6.10 Å². The second kappa shape index (κ2) is 5.48. The van der Waals surface area contributed by atoms with Gasteiger partial charge in [0.2, 0.25) is 17.7 Å². The number of carbonyl (C=O) groups excluding carboxylic acids is 3. The first kappa shape index (κ1) is 13.0. The van der Waals surface area contributed by atoms with Crippen molar-refractivity contribution < 1.29 is 19.5 Å². The van der Waals surface area contributed by atoms with Crippen molar-refractivity contribution in [3.63, 3.8) is 0 Å². The number of likely N-dealkylation sites (tertiary alicyclic amines) is 2. The number of nitrogens with zero attached hydrogens (tertiary/aromatic N) is 2. The molecule has 0 aromatic rings. The highest BCUT2D eigenvalue weighted by molar-refractivity contribution is 6.02. The Morgan fingerprint density at radius 2 is 1.94 bits per heavy atom. The van der Waals surface area contributed by atoms with E-state index in [-0.39, 0.29) is 43.5 Å². The molecule has 2 aliphatic rings. The van der Waals surface area contributed by atoms with E-state index in [1.807, 2.05) is 0 Å². The third-order valence-electron chi connectivity index (χ3n) is 3.45. The van der Waals surface area contributed by atoms with E-state index >= 15 is 0 Å². The zero-order valence-corrected chi connectivity index (χ0v) is 10.3. The van der Waals surface area contributed by atoms with Gasteiger partial charge in [-0.25, -0.2) is 0 Å². The van der Waals surface area contributed by atoms with Gasteiger partial charge in [0, 0.05) is 38.9 Å². The summed E-state index contributed by atoms with van der Waals surface area (Å²) < 4.78 is 0. The van der Waals surface area contributed by atoms with E-state index < -0.39 is 6.10 Å². The molecule has 0 aromatic carbocycles. The van der Waals surface area contributed by atoms with Gasteiger partial charge in [0.1, 0.15) is 0 Å². The molecule has 2 saturated heterocycles. The predicted molar refractivity (Wildman–Crippen MR) is 62.4 cm³/mol. The third-order valence-corrected chi connectivity index (χ3v) is 3.45. The second-order valence-electron chi connectivity index (χ2n) is 4.82. The van der Waals surface area contributed by atoms with E-state index in [9.17, 15) is 19.5 Å². The van der Waals surface area contributed by atoms with E-state index in [1.54, 1.807) is 4.90 Å². The average molecular weight is 254 g/mol. The second-order valence-corrected chi connectivity index (χ2v) is 4.82. The molecule has 0 aromatic heterocycles. The van der Waals surface area contributed by atoms with Gasteiger partial charge in [-0.05, 0) is 12.8 Å². The number of imide groups is 1. The standard InChI is InChI=1S/C12H18N2O4/c15-9-2-1-6-13(8-9)10(16)5-7-14-11(17)3-4-12(14)18/h9,15H,1-8H2. The van der Waals surface area contributed by atoms with E-state index in [0.717, 1.165) is 17.7 Å². The maximum atomic E-state index is 11.9. The number of hydrogen-bond acceptors (Lipinski definition) is 4. The molecule has 0 saturated carbocycles. The summed E-state index contributed by atoms with van der Waals surface area (Å²) in [5.74, 6) is -0.473. The lowest BCUT2D eigenvalue weighted by Crippen LogP contribution is -2.43. The van der Waals surface area contributed by atoms with E-state index in [2.05, 4.69) is 0 Å². The Morgan fingerprint density at radius 3 is 2.56 bits per heavy atom. The maximum absolute atomic E-state index is 11.9. The number of rotatable bonds is 3. The van der Waals surface area contributed by atoms with Crippen LogP contribution in [0.1, 0.15) is 32.1 Å². The Morgan fingerprint density at radius 1 is 1.28 bits per heavy atom. The van der Waals surface area contributed by atoms with Crippen LogP contribution in [0.4, 0.5) is 0 Å². The molecule has 0 spiro atoms. The minimum atomic E-state index is -0.447. The van der Waals surface area contributed by atoms with Crippen LogP contribution in [0.3, 0.4) is 0 Å². The summed E-state index contributed by atoms with van der Waals surface area (Å²) in [6.07, 6.45) is 1.76. The number of carbonyl (C=O) groups is 3. The fourth-order valence-electron chi connectivity index (χ4n) is 2.42. The Kier molecular flexibility index (Phi) is 3.96. The Bertz CT molecular complexity index is 353. The number of amides is 3. The summed E-state index contributed by atoms with van der Waals surface area (Å²) in [6, 6.07) is 0. The number of aliphatic hydroxyl groups excluding tert-OH is 1. The van der Waals surface area contributed by atoms with Crippen molar-refractivity contribution >= 4 is 17.7 Å². The van der Waals surface area contributed by atoms with Gasteiger partial charge < -0.3 is 10.0 Å². The lowest BCUT2D eigenvalue weighted by atomic mass is 10.1. The first-order chi connectivity index (χ1) is 8.58. The van der Waals surface area contributed by atoms with Crippen molar-refractivity contribution in [3.8, 4) is 0 Å². The van der Waals surface area contributed by atoms with E-state index in [1.165, 1.54) is 0 Å². The highest BCUT2D eigenvalue weighted by Gasteiger charge is 2.30. The molecule has 2 rings (SSSR count). The smallest absolute Gasteiger partial charge is 0.229 e. The third kappa shape index (κ3) is 2.87. The van der Waals surface area contributed by atoms with Gasteiger partial charge in [-0.15, -0.1) is 0 Å². The van der Waals surface area contributed by atoms with E-state index in [0.29, 0.717) is 13.1 Å². The predicted octanol–water partition coefficient (Wildman–Crippen LogP) is -0.491. The van der Waals surface area contributed by atoms with Crippen molar-refractivity contribution in [1.82, 2.24) is 9.80 Å². The lowest BCUT2D eigenvalue weighted by Gasteiger charge is -2.30. The fraction of sp³-hybridized carbons (Fsp3) is 0.750. The zero-order valence-electron chi connectivity index (χ0n) is 10.3. The van der Waals surface area contributed by atoms with Crippen molar-refractivity contribution in [1.29, 1.82) is 0 Å². The highest BCUT2D eigenvalue weighted by Crippen LogP contribution is 2.14. The van der Waals surface area contributed by atoms with Crippen LogP contribution in [0, 0.1) is 0 Å². The summed E-state index contributed by atoms with van der Waals surface area (Å²) in [5, 5.41) is 9.48. The van der Waals surface area contributed by atoms with Crippen LogP contribution in [0.25, 0.3) is 0 Å². The molecule has 2 heterocycles. The highest BCUT2D eigenvalue weighted by atomic mass is 16.3. The van der Waals surface area contributed by atoms with Gasteiger partial charge >= 0.3 is 0 Å². The van der Waals surface area contributed by atoms with Gasteiger partial charge in [-0.3, -0.25) is 19.3 Å². The largest absolute Gasteiger partial charge is 0.391 e. The van der Waals surface area contributed by atoms with Gasteiger partial charge in [0.25, 0.3) is 0 Å². The van der Waals surface area contributed by atoms with Crippen LogP contribution in [0.2, 0.25) is 0 Å². The molecule has 6 heteroatoms. The minimum Gasteiger partial charge on any atom is -0.391 e. The van der Waals surface area contributed by atoms with Crippen molar-refractivity contribution in [3.05, 3.63) is 0 Å². The van der Waals surface area contributed by atoms with E-state index in [4.69, 9.17) is 0 Å². The molecule has 2 fully saturated rings. The number of hydrogen-bond donors (Lipinski definition) is 1. The van der Waals surface area contributed by atoms with Crippen LogP contribution >= 0.6 is 0 Å². The van der Waals surface area contributed by atoms with Gasteiger partial charge in [-0.2, -0.15) is 0 Å². The van der Waals surface area contributed by atoms with Crippen LogP contribution in [0.5, 0.6) is 0 Å². The molecule has 2 aliphatic heterocycles. The molecule has 18 heavy (non-hydrogen) atoms. The molecular weight excluding hydrogens is 236 g/mol. The monoisotopic (exact) mass is 254 g/mol. The zero-order chi connectivity index (χ0) is 13.1. The quantitative estimate of drug-likeness (QED) is 0.689. The molecule has 3 amide bonds. The summed E-state index contributed by atoms with van der Waals surface area (Å²) in [7, 11) is 0. The lowest BCUT2D eigenvalue weighted by molar-refractivity contribution is -0.140. The van der Waals surface area contributed by atoms with Gasteiger partial charge in [-0.1, -0.05) is 0 Å². The topological polar surface area (TPSA) is 77.9 Å². The van der Waals surface area contributed by atoms with Gasteiger partial charge in [0.15, 0.2) is 0 Å². The summed E-state index contributed by atoms with van der Waals surface area (Å²) in [5.41, 5.74) is 0. The van der Waals surface area contributed by atoms with Crippen molar-refractivity contribution in [2.75, 3.05) is 19.6 Å². The van der Waals surface area contributed by atoms with Crippen molar-refractivity contribution in [2.24, 2.45) is 0 Å². The SMILES string of the molecule is O=C(CCN1C(=O)CCC1=O)N1CCCC(O)C1. The van der Waals surface area contributed by atoms with Crippen LogP contribution in [0.15, 0.2) is 0 Å². The first-order valence-corrected chi connectivity index (χ1v) is 6.37. The molecular formula is C12H18N2O4. The number of piperidine rings is 1.